The van der Waals surface area contributed by atoms with Gasteiger partial charge in [-0.3, -0.25) is 0 Å². The highest BCUT2D eigenvalue weighted by Crippen LogP contribution is 2.16. The number of halogens is 1. The highest BCUT2D eigenvalue weighted by Gasteiger charge is 2.05. The zero-order valence-corrected chi connectivity index (χ0v) is 11.8. The first kappa shape index (κ1) is 13.8. The molecule has 1 heterocycles. The molecule has 0 amide bonds. The number of pyridine rings is 1. The van der Waals surface area contributed by atoms with Gasteiger partial charge in [0.2, 0.25) is 5.88 Å². The Balaban J connectivity index is 1.96. The molecule has 1 atom stereocenters. The molecule has 0 fully saturated rings. The number of benzene rings is 1. The van der Waals surface area contributed by atoms with Crippen LogP contribution in [0.4, 0.5) is 0 Å². The number of hydrogen-bond donors (Lipinski definition) is 1. The van der Waals surface area contributed by atoms with Crippen molar-refractivity contribution in [3.63, 3.8) is 0 Å². The maximum atomic E-state index is 5.88. The number of hydrogen-bond acceptors (Lipinski definition) is 3. The predicted molar refractivity (Wildman–Crippen MR) is 77.5 cm³/mol. The standard InChI is InChI=1S/C15H17ClN2O/c1-11(12-6-8-13(16)9-7-12)17-10-14-4-3-5-15(18-14)19-2/h3-9,11,17H,10H2,1-2H3/t11-/m1/s1. The summed E-state index contributed by atoms with van der Waals surface area (Å²) >= 11 is 5.88. The molecule has 0 saturated heterocycles. The van der Waals surface area contributed by atoms with E-state index in [0.717, 1.165) is 10.7 Å². The third-order valence-electron chi connectivity index (χ3n) is 2.95. The van der Waals surface area contributed by atoms with Gasteiger partial charge in [0.1, 0.15) is 0 Å². The Morgan fingerprint density at radius 2 is 1.95 bits per heavy atom. The molecule has 1 N–H and O–H groups in total. The normalized spacial score (nSPS) is 12.2. The third kappa shape index (κ3) is 3.94. The summed E-state index contributed by atoms with van der Waals surface area (Å²) in [5.41, 5.74) is 2.16. The Morgan fingerprint density at radius 1 is 1.21 bits per heavy atom. The van der Waals surface area contributed by atoms with Crippen LogP contribution in [0.2, 0.25) is 5.02 Å². The van der Waals surface area contributed by atoms with Crippen LogP contribution in [0.15, 0.2) is 42.5 Å². The zero-order valence-electron chi connectivity index (χ0n) is 11.1. The van der Waals surface area contributed by atoms with Crippen LogP contribution in [-0.4, -0.2) is 12.1 Å². The van der Waals surface area contributed by atoms with Crippen molar-refractivity contribution >= 4 is 11.6 Å². The predicted octanol–water partition coefficient (Wildman–Crippen LogP) is 3.59. The average Bonchev–Trinajstić information content (AvgIpc) is 2.46. The summed E-state index contributed by atoms with van der Waals surface area (Å²) in [6.45, 7) is 2.81. The van der Waals surface area contributed by atoms with Crippen molar-refractivity contribution in [2.24, 2.45) is 0 Å². The van der Waals surface area contributed by atoms with Crippen molar-refractivity contribution in [3.8, 4) is 5.88 Å². The van der Waals surface area contributed by atoms with Gasteiger partial charge in [-0.15, -0.1) is 0 Å². The molecular formula is C15H17ClN2O. The fraction of sp³-hybridized carbons (Fsp3) is 0.267. The zero-order chi connectivity index (χ0) is 13.7. The molecule has 19 heavy (non-hydrogen) atoms. The Labute approximate surface area is 118 Å². The van der Waals surface area contributed by atoms with E-state index < -0.39 is 0 Å². The van der Waals surface area contributed by atoms with Gasteiger partial charge < -0.3 is 10.1 Å². The lowest BCUT2D eigenvalue weighted by Crippen LogP contribution is -2.18. The number of ether oxygens (including phenoxy) is 1. The number of methoxy groups -OCH3 is 1. The van der Waals surface area contributed by atoms with Gasteiger partial charge >= 0.3 is 0 Å². The molecule has 0 aliphatic carbocycles. The highest BCUT2D eigenvalue weighted by molar-refractivity contribution is 6.30. The first-order chi connectivity index (χ1) is 9.19. The lowest BCUT2D eigenvalue weighted by molar-refractivity contribution is 0.395. The largest absolute Gasteiger partial charge is 0.481 e. The Hall–Kier alpha value is -1.58. The van der Waals surface area contributed by atoms with Crippen LogP contribution >= 0.6 is 11.6 Å². The summed E-state index contributed by atoms with van der Waals surface area (Å²) in [6.07, 6.45) is 0. The molecule has 0 unspecified atom stereocenters. The molecule has 0 radical (unpaired) electrons. The summed E-state index contributed by atoms with van der Waals surface area (Å²) in [4.78, 5) is 4.37. The van der Waals surface area contributed by atoms with Crippen LogP contribution in [-0.2, 0) is 6.54 Å². The van der Waals surface area contributed by atoms with Crippen molar-refractivity contribution in [1.82, 2.24) is 10.3 Å². The molecule has 3 nitrogen and oxygen atoms in total. The molecule has 0 bridgehead atoms. The first-order valence-corrected chi connectivity index (χ1v) is 6.55. The van der Waals surface area contributed by atoms with E-state index in [4.69, 9.17) is 16.3 Å². The monoisotopic (exact) mass is 276 g/mol. The van der Waals surface area contributed by atoms with Gasteiger partial charge in [-0.1, -0.05) is 29.8 Å². The van der Waals surface area contributed by atoms with Crippen LogP contribution in [0.1, 0.15) is 24.2 Å². The Kier molecular flexibility index (Phi) is 4.77. The molecular weight excluding hydrogens is 260 g/mol. The maximum Gasteiger partial charge on any atom is 0.213 e. The molecule has 1 aromatic heterocycles. The van der Waals surface area contributed by atoms with Crippen LogP contribution in [0.3, 0.4) is 0 Å². The van der Waals surface area contributed by atoms with Gasteiger partial charge in [0.05, 0.1) is 12.8 Å². The van der Waals surface area contributed by atoms with Crippen LogP contribution in [0.25, 0.3) is 0 Å². The SMILES string of the molecule is COc1cccc(CN[C@H](C)c2ccc(Cl)cc2)n1. The molecule has 100 valence electrons. The quantitative estimate of drug-likeness (QED) is 0.906. The molecule has 0 aliphatic rings. The van der Waals surface area contributed by atoms with Crippen LogP contribution in [0.5, 0.6) is 5.88 Å². The van der Waals surface area contributed by atoms with E-state index in [2.05, 4.69) is 17.2 Å². The van der Waals surface area contributed by atoms with E-state index in [0.29, 0.717) is 12.4 Å². The van der Waals surface area contributed by atoms with E-state index in [9.17, 15) is 0 Å². The van der Waals surface area contributed by atoms with E-state index >= 15 is 0 Å². The van der Waals surface area contributed by atoms with Gasteiger partial charge in [0.15, 0.2) is 0 Å². The van der Waals surface area contributed by atoms with Gasteiger partial charge in [-0.2, -0.15) is 0 Å². The second-order valence-corrected chi connectivity index (χ2v) is 4.76. The second-order valence-electron chi connectivity index (χ2n) is 4.33. The minimum atomic E-state index is 0.241. The number of aromatic nitrogens is 1. The Bertz CT molecular complexity index is 528. The van der Waals surface area contributed by atoms with E-state index in [-0.39, 0.29) is 6.04 Å². The van der Waals surface area contributed by atoms with Crippen LogP contribution < -0.4 is 10.1 Å². The summed E-state index contributed by atoms with van der Waals surface area (Å²) in [5.74, 6) is 0.637. The summed E-state index contributed by atoms with van der Waals surface area (Å²) in [7, 11) is 1.62. The summed E-state index contributed by atoms with van der Waals surface area (Å²) in [5, 5.41) is 4.18. The molecule has 2 aromatic rings. The molecule has 4 heteroatoms. The second kappa shape index (κ2) is 6.55. The number of nitrogens with one attached hydrogen (secondary N) is 1. The van der Waals surface area contributed by atoms with Crippen molar-refractivity contribution in [3.05, 3.63) is 58.7 Å². The summed E-state index contributed by atoms with van der Waals surface area (Å²) in [6, 6.07) is 13.9. The van der Waals surface area contributed by atoms with E-state index in [1.165, 1.54) is 5.56 Å². The molecule has 0 saturated carbocycles. The fourth-order valence-electron chi connectivity index (χ4n) is 1.80. The van der Waals surface area contributed by atoms with E-state index in [1.54, 1.807) is 7.11 Å². The van der Waals surface area contributed by atoms with Gasteiger partial charge in [-0.05, 0) is 30.7 Å². The first-order valence-electron chi connectivity index (χ1n) is 6.18. The molecule has 1 aromatic carbocycles. The van der Waals surface area contributed by atoms with Crippen molar-refractivity contribution < 1.29 is 4.74 Å². The van der Waals surface area contributed by atoms with Gasteiger partial charge in [0.25, 0.3) is 0 Å². The minimum absolute atomic E-state index is 0.241. The molecule has 0 aliphatic heterocycles. The highest BCUT2D eigenvalue weighted by atomic mass is 35.5. The average molecular weight is 277 g/mol. The minimum Gasteiger partial charge on any atom is -0.481 e. The summed E-state index contributed by atoms with van der Waals surface area (Å²) < 4.78 is 5.11. The van der Waals surface area contributed by atoms with Crippen molar-refractivity contribution in [2.45, 2.75) is 19.5 Å². The number of rotatable bonds is 5. The molecule has 0 spiro atoms. The number of nitrogens with zero attached hydrogens (tertiary/aromatic N) is 1. The lowest BCUT2D eigenvalue weighted by Gasteiger charge is -2.14. The van der Waals surface area contributed by atoms with Crippen molar-refractivity contribution in [1.29, 1.82) is 0 Å². The van der Waals surface area contributed by atoms with Crippen LogP contribution in [0, 0.1) is 0 Å². The van der Waals surface area contributed by atoms with Gasteiger partial charge in [0, 0.05) is 23.7 Å². The smallest absolute Gasteiger partial charge is 0.213 e. The third-order valence-corrected chi connectivity index (χ3v) is 3.20. The molecule has 2 rings (SSSR count). The topological polar surface area (TPSA) is 34.1 Å². The lowest BCUT2D eigenvalue weighted by atomic mass is 10.1. The van der Waals surface area contributed by atoms with Crippen molar-refractivity contribution in [2.75, 3.05) is 7.11 Å². The fourth-order valence-corrected chi connectivity index (χ4v) is 1.92. The maximum absolute atomic E-state index is 5.88. The Morgan fingerprint density at radius 3 is 2.63 bits per heavy atom. The van der Waals surface area contributed by atoms with E-state index in [1.807, 2.05) is 42.5 Å². The van der Waals surface area contributed by atoms with Gasteiger partial charge in [-0.25, -0.2) is 4.98 Å².